The second-order valence-electron chi connectivity index (χ2n) is 5.51. The van der Waals surface area contributed by atoms with Gasteiger partial charge in [-0.25, -0.2) is 0 Å². The third-order valence-corrected chi connectivity index (χ3v) is 4.11. The van der Waals surface area contributed by atoms with Crippen LogP contribution in [0.2, 0.25) is 0 Å². The first kappa shape index (κ1) is 11.5. The van der Waals surface area contributed by atoms with Crippen LogP contribution in [0.4, 0.5) is 0 Å². The molecule has 0 N–H and O–H groups in total. The highest BCUT2D eigenvalue weighted by molar-refractivity contribution is 6.05. The maximum atomic E-state index is 5.96. The van der Waals surface area contributed by atoms with Gasteiger partial charge in [-0.15, -0.1) is 0 Å². The van der Waals surface area contributed by atoms with E-state index in [2.05, 4.69) is 49.4 Å². The van der Waals surface area contributed by atoms with Crippen LogP contribution in [0.5, 0.6) is 0 Å². The van der Waals surface area contributed by atoms with Crippen LogP contribution in [0, 0.1) is 0 Å². The van der Waals surface area contributed by atoms with Crippen molar-refractivity contribution in [3.63, 3.8) is 0 Å². The van der Waals surface area contributed by atoms with Crippen molar-refractivity contribution < 1.29 is 4.42 Å². The average molecular weight is 260 g/mol. The Hall–Kier alpha value is -2.28. The van der Waals surface area contributed by atoms with E-state index in [-0.39, 0.29) is 0 Å². The van der Waals surface area contributed by atoms with Crippen molar-refractivity contribution in [2.24, 2.45) is 0 Å². The molecule has 3 aromatic rings. The zero-order valence-electron chi connectivity index (χ0n) is 11.5. The van der Waals surface area contributed by atoms with Crippen LogP contribution in [0.15, 0.2) is 64.6 Å². The Morgan fingerprint density at radius 1 is 0.850 bits per heavy atom. The standard InChI is InChI=1S/C19H16O/c1-13-6-8-14(9-7-13)15-10-11-17-16-4-2-3-5-18(16)20-19(17)12-15/h2-6,8,10-12H,7,9H2,1H3. The lowest BCUT2D eigenvalue weighted by molar-refractivity contribution is 0.669. The molecule has 1 aliphatic carbocycles. The summed E-state index contributed by atoms with van der Waals surface area (Å²) < 4.78 is 5.96. The molecule has 1 aliphatic rings. The third kappa shape index (κ3) is 1.78. The van der Waals surface area contributed by atoms with Gasteiger partial charge in [0.25, 0.3) is 0 Å². The number of allylic oxidation sites excluding steroid dienone is 4. The molecule has 98 valence electrons. The van der Waals surface area contributed by atoms with Crippen molar-refractivity contribution in [1.29, 1.82) is 0 Å². The Labute approximate surface area is 118 Å². The summed E-state index contributed by atoms with van der Waals surface area (Å²) in [4.78, 5) is 0. The van der Waals surface area contributed by atoms with E-state index < -0.39 is 0 Å². The maximum absolute atomic E-state index is 5.96. The molecule has 1 heteroatoms. The number of benzene rings is 2. The van der Waals surface area contributed by atoms with Crippen LogP contribution in [-0.2, 0) is 0 Å². The molecule has 0 fully saturated rings. The molecule has 0 spiro atoms. The minimum absolute atomic E-state index is 0.966. The van der Waals surface area contributed by atoms with Gasteiger partial charge >= 0.3 is 0 Å². The molecule has 1 heterocycles. The third-order valence-electron chi connectivity index (χ3n) is 4.11. The molecule has 0 bridgehead atoms. The van der Waals surface area contributed by atoms with Crippen LogP contribution in [0.3, 0.4) is 0 Å². The van der Waals surface area contributed by atoms with Gasteiger partial charge in [0, 0.05) is 10.8 Å². The summed E-state index contributed by atoms with van der Waals surface area (Å²) in [5.41, 5.74) is 6.08. The number of rotatable bonds is 1. The lowest BCUT2D eigenvalue weighted by Gasteiger charge is -2.12. The van der Waals surface area contributed by atoms with Crippen molar-refractivity contribution in [3.8, 4) is 0 Å². The van der Waals surface area contributed by atoms with Crippen LogP contribution < -0.4 is 0 Å². The van der Waals surface area contributed by atoms with Gasteiger partial charge in [0.1, 0.15) is 11.2 Å². The molecular weight excluding hydrogens is 244 g/mol. The molecule has 0 saturated heterocycles. The van der Waals surface area contributed by atoms with E-state index in [4.69, 9.17) is 4.42 Å². The van der Waals surface area contributed by atoms with Crippen LogP contribution in [0.1, 0.15) is 25.3 Å². The first-order chi connectivity index (χ1) is 9.81. The highest BCUT2D eigenvalue weighted by atomic mass is 16.3. The normalized spacial score (nSPS) is 15.4. The largest absolute Gasteiger partial charge is 0.456 e. The zero-order chi connectivity index (χ0) is 13.5. The molecule has 0 saturated carbocycles. The summed E-state index contributed by atoms with van der Waals surface area (Å²) in [5, 5.41) is 2.40. The van der Waals surface area contributed by atoms with E-state index in [1.807, 2.05) is 12.1 Å². The highest BCUT2D eigenvalue weighted by Gasteiger charge is 2.10. The van der Waals surface area contributed by atoms with E-state index in [0.29, 0.717) is 0 Å². The summed E-state index contributed by atoms with van der Waals surface area (Å²) in [6.07, 6.45) is 6.74. The number of fused-ring (bicyclic) bond motifs is 3. The lowest BCUT2D eigenvalue weighted by atomic mass is 9.93. The van der Waals surface area contributed by atoms with E-state index in [1.165, 1.54) is 27.5 Å². The minimum atomic E-state index is 0.966. The van der Waals surface area contributed by atoms with Gasteiger partial charge in [0.15, 0.2) is 0 Å². The first-order valence-corrected chi connectivity index (χ1v) is 7.09. The van der Waals surface area contributed by atoms with Crippen LogP contribution in [-0.4, -0.2) is 0 Å². The fourth-order valence-corrected chi connectivity index (χ4v) is 2.91. The smallest absolute Gasteiger partial charge is 0.136 e. The Bertz CT molecular complexity index is 862. The number of furan rings is 1. The number of hydrogen-bond acceptors (Lipinski definition) is 1. The molecule has 0 aliphatic heterocycles. The van der Waals surface area contributed by atoms with E-state index >= 15 is 0 Å². The molecule has 0 radical (unpaired) electrons. The van der Waals surface area contributed by atoms with Crippen molar-refractivity contribution >= 4 is 27.5 Å². The molecule has 0 unspecified atom stereocenters. The van der Waals surface area contributed by atoms with Gasteiger partial charge in [-0.2, -0.15) is 0 Å². The van der Waals surface area contributed by atoms with Gasteiger partial charge < -0.3 is 4.42 Å². The van der Waals surface area contributed by atoms with Crippen molar-refractivity contribution in [3.05, 3.63) is 65.8 Å². The van der Waals surface area contributed by atoms with Gasteiger partial charge in [-0.3, -0.25) is 0 Å². The summed E-state index contributed by atoms with van der Waals surface area (Å²) in [7, 11) is 0. The fraction of sp³-hybridized carbons (Fsp3) is 0.158. The van der Waals surface area contributed by atoms with Gasteiger partial charge in [-0.05, 0) is 49.1 Å². The summed E-state index contributed by atoms with van der Waals surface area (Å²) >= 11 is 0. The molecule has 20 heavy (non-hydrogen) atoms. The molecule has 1 aromatic heterocycles. The van der Waals surface area contributed by atoms with Crippen molar-refractivity contribution in [1.82, 2.24) is 0 Å². The van der Waals surface area contributed by atoms with Gasteiger partial charge in [-0.1, -0.05) is 42.0 Å². The Morgan fingerprint density at radius 3 is 2.55 bits per heavy atom. The molecule has 1 nitrogen and oxygen atoms in total. The van der Waals surface area contributed by atoms with Crippen molar-refractivity contribution in [2.45, 2.75) is 19.8 Å². The number of hydrogen-bond donors (Lipinski definition) is 0. The second-order valence-corrected chi connectivity index (χ2v) is 5.51. The number of para-hydroxylation sites is 1. The first-order valence-electron chi connectivity index (χ1n) is 7.09. The molecule has 4 rings (SSSR count). The predicted octanol–water partition coefficient (Wildman–Crippen LogP) is 5.71. The second kappa shape index (κ2) is 4.38. The van der Waals surface area contributed by atoms with Gasteiger partial charge in [0.05, 0.1) is 0 Å². The minimum Gasteiger partial charge on any atom is -0.456 e. The topological polar surface area (TPSA) is 13.1 Å². The van der Waals surface area contributed by atoms with Crippen molar-refractivity contribution in [2.75, 3.05) is 0 Å². The monoisotopic (exact) mass is 260 g/mol. The Morgan fingerprint density at radius 2 is 1.70 bits per heavy atom. The summed E-state index contributed by atoms with van der Waals surface area (Å²) in [5.74, 6) is 0. The maximum Gasteiger partial charge on any atom is 0.136 e. The van der Waals surface area contributed by atoms with E-state index in [1.54, 1.807) is 0 Å². The molecule has 0 amide bonds. The fourth-order valence-electron chi connectivity index (χ4n) is 2.91. The molecule has 0 atom stereocenters. The van der Waals surface area contributed by atoms with Crippen LogP contribution in [0.25, 0.3) is 27.5 Å². The quantitative estimate of drug-likeness (QED) is 0.546. The highest BCUT2D eigenvalue weighted by Crippen LogP contribution is 2.33. The predicted molar refractivity (Wildman–Crippen MR) is 84.7 cm³/mol. The zero-order valence-corrected chi connectivity index (χ0v) is 11.5. The Kier molecular flexibility index (Phi) is 2.53. The Balaban J connectivity index is 1.89. The lowest BCUT2D eigenvalue weighted by Crippen LogP contribution is -1.90. The SMILES string of the molecule is CC1=CC=C(c2ccc3c(c2)oc2ccccc23)CC1. The van der Waals surface area contributed by atoms with Gasteiger partial charge in [0.2, 0.25) is 0 Å². The molecule has 2 aromatic carbocycles. The summed E-state index contributed by atoms with van der Waals surface area (Å²) in [6.45, 7) is 2.19. The summed E-state index contributed by atoms with van der Waals surface area (Å²) in [6, 6.07) is 14.8. The van der Waals surface area contributed by atoms with E-state index in [9.17, 15) is 0 Å². The van der Waals surface area contributed by atoms with E-state index in [0.717, 1.165) is 24.0 Å². The molecular formula is C19H16O. The average Bonchev–Trinajstić information content (AvgIpc) is 2.85. The van der Waals surface area contributed by atoms with Crippen LogP contribution >= 0.6 is 0 Å².